The second kappa shape index (κ2) is 6.37. The summed E-state index contributed by atoms with van der Waals surface area (Å²) in [5.74, 6) is 0. The lowest BCUT2D eigenvalue weighted by molar-refractivity contribution is -0.384. The molecule has 0 aliphatic rings. The average molecular weight is 314 g/mol. The number of anilines is 1. The van der Waals surface area contributed by atoms with Crippen LogP contribution in [0.15, 0.2) is 23.7 Å². The fourth-order valence-corrected chi connectivity index (χ4v) is 2.66. The number of nitrogens with zero attached hydrogens (tertiary/aromatic N) is 3. The molecule has 1 aromatic heterocycles. The van der Waals surface area contributed by atoms with Gasteiger partial charge in [-0.25, -0.2) is 4.98 Å². The molecule has 6 nitrogen and oxygen atoms in total. The monoisotopic (exact) mass is 314 g/mol. The van der Waals surface area contributed by atoms with Crippen molar-refractivity contribution in [1.82, 2.24) is 4.98 Å². The number of nitro groups is 1. The summed E-state index contributed by atoms with van der Waals surface area (Å²) >= 11 is 1.36. The summed E-state index contributed by atoms with van der Waals surface area (Å²) in [6.07, 6.45) is 1.47. The highest BCUT2D eigenvalue weighted by Crippen LogP contribution is 2.31. The Balaban J connectivity index is 2.42. The van der Waals surface area contributed by atoms with Crippen molar-refractivity contribution in [3.63, 3.8) is 0 Å². The van der Waals surface area contributed by atoms with Crippen LogP contribution in [0.1, 0.15) is 21.8 Å². The predicted octanol–water partition coefficient (Wildman–Crippen LogP) is 3.95. The van der Waals surface area contributed by atoms with Gasteiger partial charge in [-0.3, -0.25) is 10.1 Å². The highest BCUT2D eigenvalue weighted by molar-refractivity contribution is 7.10. The summed E-state index contributed by atoms with van der Waals surface area (Å²) in [5, 5.41) is 25.7. The van der Waals surface area contributed by atoms with E-state index in [1.807, 2.05) is 19.2 Å². The molecule has 0 bridgehead atoms. The van der Waals surface area contributed by atoms with Crippen molar-refractivity contribution in [3.05, 3.63) is 55.7 Å². The van der Waals surface area contributed by atoms with Crippen molar-refractivity contribution in [1.29, 1.82) is 5.26 Å². The maximum Gasteiger partial charge on any atom is 0.292 e. The van der Waals surface area contributed by atoms with Crippen LogP contribution in [0, 0.1) is 42.2 Å². The van der Waals surface area contributed by atoms with Gasteiger partial charge in [0, 0.05) is 23.3 Å². The zero-order valence-corrected chi connectivity index (χ0v) is 13.2. The first-order valence-electron chi connectivity index (χ1n) is 6.48. The lowest BCUT2D eigenvalue weighted by Crippen LogP contribution is -2.00. The van der Waals surface area contributed by atoms with Crippen LogP contribution in [0.5, 0.6) is 0 Å². The first-order valence-corrected chi connectivity index (χ1v) is 7.36. The number of allylic oxidation sites excluding steroid dienone is 1. The molecule has 0 aliphatic heterocycles. The van der Waals surface area contributed by atoms with E-state index in [9.17, 15) is 15.4 Å². The molecule has 0 atom stereocenters. The van der Waals surface area contributed by atoms with E-state index in [1.54, 1.807) is 13.0 Å². The Kier molecular flexibility index (Phi) is 4.53. The lowest BCUT2D eigenvalue weighted by atomic mass is 10.1. The second-order valence-corrected chi connectivity index (χ2v) is 5.62. The van der Waals surface area contributed by atoms with E-state index in [-0.39, 0.29) is 5.69 Å². The van der Waals surface area contributed by atoms with E-state index in [0.717, 1.165) is 16.8 Å². The van der Waals surface area contributed by atoms with Gasteiger partial charge in [0.15, 0.2) is 0 Å². The highest BCUT2D eigenvalue weighted by Gasteiger charge is 2.17. The molecule has 0 saturated heterocycles. The molecular weight excluding hydrogens is 300 g/mol. The van der Waals surface area contributed by atoms with Crippen molar-refractivity contribution in [2.45, 2.75) is 20.8 Å². The summed E-state index contributed by atoms with van der Waals surface area (Å²) in [6.45, 7) is 5.53. The van der Waals surface area contributed by atoms with Crippen molar-refractivity contribution < 1.29 is 4.92 Å². The molecule has 1 aromatic carbocycles. The molecule has 1 N–H and O–H groups in total. The summed E-state index contributed by atoms with van der Waals surface area (Å²) in [5.41, 5.74) is 3.26. The molecule has 112 valence electrons. The summed E-state index contributed by atoms with van der Waals surface area (Å²) < 4.78 is 0. The normalized spacial score (nSPS) is 11.1. The second-order valence-electron chi connectivity index (χ2n) is 4.77. The predicted molar refractivity (Wildman–Crippen MR) is 86.6 cm³/mol. The van der Waals surface area contributed by atoms with E-state index in [1.165, 1.54) is 23.6 Å². The average Bonchev–Trinajstić information content (AvgIpc) is 2.90. The molecule has 1 heterocycles. The zero-order chi connectivity index (χ0) is 16.3. The number of aromatic nitrogens is 1. The number of nitrogens with one attached hydrogen (secondary N) is 1. The van der Waals surface area contributed by atoms with Gasteiger partial charge in [-0.05, 0) is 31.9 Å². The van der Waals surface area contributed by atoms with Gasteiger partial charge in [0.2, 0.25) is 0 Å². The molecule has 0 aliphatic carbocycles. The summed E-state index contributed by atoms with van der Waals surface area (Å²) in [6, 6.07) is 5.22. The van der Waals surface area contributed by atoms with Crippen molar-refractivity contribution in [3.8, 4) is 6.07 Å². The molecule has 0 radical (unpaired) electrons. The number of benzene rings is 1. The minimum atomic E-state index is -0.442. The molecule has 2 rings (SSSR count). The minimum Gasteiger partial charge on any atom is -0.355 e. The number of rotatable bonds is 4. The molecule has 7 heteroatoms. The maximum absolute atomic E-state index is 11.1. The Labute approximate surface area is 131 Å². The van der Waals surface area contributed by atoms with Crippen molar-refractivity contribution in [2.24, 2.45) is 0 Å². The summed E-state index contributed by atoms with van der Waals surface area (Å²) in [7, 11) is 0. The summed E-state index contributed by atoms with van der Waals surface area (Å²) in [4.78, 5) is 14.9. The van der Waals surface area contributed by atoms with Crippen LogP contribution in [0.3, 0.4) is 0 Å². The van der Waals surface area contributed by atoms with Gasteiger partial charge >= 0.3 is 0 Å². The SMILES string of the molecule is Cc1csc(/C(C#N)=C/Nc2c([N+](=O)[O-])ccc(C)c2C)n1. The number of nitro benzene ring substituents is 1. The molecule has 0 spiro atoms. The third-order valence-electron chi connectivity index (χ3n) is 3.24. The van der Waals surface area contributed by atoms with E-state index in [2.05, 4.69) is 16.4 Å². The van der Waals surface area contributed by atoms with Crippen molar-refractivity contribution >= 4 is 28.3 Å². The van der Waals surface area contributed by atoms with Gasteiger partial charge in [-0.2, -0.15) is 5.26 Å². The molecule has 2 aromatic rings. The van der Waals surface area contributed by atoms with Gasteiger partial charge in [-0.15, -0.1) is 11.3 Å². The smallest absolute Gasteiger partial charge is 0.292 e. The van der Waals surface area contributed by atoms with E-state index in [4.69, 9.17) is 0 Å². The zero-order valence-electron chi connectivity index (χ0n) is 12.4. The third-order valence-corrected chi connectivity index (χ3v) is 4.23. The van der Waals surface area contributed by atoms with Crippen molar-refractivity contribution in [2.75, 3.05) is 5.32 Å². The van der Waals surface area contributed by atoms with Crippen LogP contribution in [0.25, 0.3) is 5.57 Å². The Hall–Kier alpha value is -2.72. The standard InChI is InChI=1S/C15H14N4O2S/c1-9-4-5-13(19(20)21)14(11(9)3)17-7-12(6-16)15-18-10(2)8-22-15/h4-5,7-8,17H,1-3H3/b12-7+. The first kappa shape index (κ1) is 15.7. The van der Waals surface area contributed by atoms with Crippen LogP contribution in [-0.4, -0.2) is 9.91 Å². The molecular formula is C15H14N4O2S. The largest absolute Gasteiger partial charge is 0.355 e. The highest BCUT2D eigenvalue weighted by atomic mass is 32.1. The van der Waals surface area contributed by atoms with E-state index < -0.39 is 4.92 Å². The van der Waals surface area contributed by atoms with E-state index in [0.29, 0.717) is 16.3 Å². The number of nitriles is 1. The first-order chi connectivity index (χ1) is 10.4. The van der Waals surface area contributed by atoms with Gasteiger partial charge in [0.25, 0.3) is 5.69 Å². The fraction of sp³-hybridized carbons (Fsp3) is 0.200. The topological polar surface area (TPSA) is 91.8 Å². The number of hydrogen-bond donors (Lipinski definition) is 1. The fourth-order valence-electron chi connectivity index (χ4n) is 1.90. The third kappa shape index (κ3) is 3.13. The van der Waals surface area contributed by atoms with Crippen LogP contribution in [0.2, 0.25) is 0 Å². The van der Waals surface area contributed by atoms with Crippen LogP contribution in [-0.2, 0) is 0 Å². The quantitative estimate of drug-likeness (QED) is 0.524. The Morgan fingerprint density at radius 3 is 2.73 bits per heavy atom. The molecule has 0 saturated carbocycles. The molecule has 0 amide bonds. The Morgan fingerprint density at radius 2 is 2.18 bits per heavy atom. The van der Waals surface area contributed by atoms with Gasteiger partial charge in [-0.1, -0.05) is 6.07 Å². The van der Waals surface area contributed by atoms with Gasteiger partial charge in [0.05, 0.1) is 4.92 Å². The van der Waals surface area contributed by atoms with Crippen LogP contribution < -0.4 is 5.32 Å². The number of aryl methyl sites for hydroxylation is 2. The molecule has 0 fully saturated rings. The number of thiazole rings is 1. The van der Waals surface area contributed by atoms with Gasteiger partial charge in [0.1, 0.15) is 22.3 Å². The van der Waals surface area contributed by atoms with Crippen LogP contribution in [0.4, 0.5) is 11.4 Å². The Morgan fingerprint density at radius 1 is 1.45 bits per heavy atom. The number of hydrogen-bond acceptors (Lipinski definition) is 6. The molecule has 22 heavy (non-hydrogen) atoms. The van der Waals surface area contributed by atoms with E-state index >= 15 is 0 Å². The maximum atomic E-state index is 11.1. The Bertz CT molecular complexity index is 802. The molecule has 0 unspecified atom stereocenters. The lowest BCUT2D eigenvalue weighted by Gasteiger charge is -2.09. The van der Waals surface area contributed by atoms with Crippen LogP contribution >= 0.6 is 11.3 Å². The minimum absolute atomic E-state index is 0.0213. The van der Waals surface area contributed by atoms with Gasteiger partial charge < -0.3 is 5.32 Å².